The van der Waals surface area contributed by atoms with Crippen LogP contribution in [0.1, 0.15) is 24.2 Å². The topological polar surface area (TPSA) is 59.1 Å². The number of carbonyl (C=O) groups excluding carboxylic acids is 2. The van der Waals surface area contributed by atoms with Gasteiger partial charge in [0.25, 0.3) is 5.91 Å². The molecule has 1 aromatic rings. The third kappa shape index (κ3) is 3.75. The molecule has 23 heavy (non-hydrogen) atoms. The molecule has 1 aromatic carbocycles. The number of hydrogen-bond donors (Lipinski definition) is 0. The first-order chi connectivity index (χ1) is 11.0. The second-order valence-electron chi connectivity index (χ2n) is 5.84. The lowest BCUT2D eigenvalue weighted by Crippen LogP contribution is -2.51. The Morgan fingerprint density at radius 3 is 2.04 bits per heavy atom. The number of nitrogens with zero attached hydrogens (tertiary/aromatic N) is 2. The molecule has 1 heterocycles. The van der Waals surface area contributed by atoms with E-state index in [1.807, 2.05) is 18.7 Å². The Hall–Kier alpha value is -2.24. The number of piperazine rings is 1. The van der Waals surface area contributed by atoms with Gasteiger partial charge in [0, 0.05) is 37.7 Å². The van der Waals surface area contributed by atoms with Gasteiger partial charge in [-0.1, -0.05) is 13.8 Å². The van der Waals surface area contributed by atoms with Gasteiger partial charge in [-0.15, -0.1) is 0 Å². The Balaban J connectivity index is 2.04. The van der Waals surface area contributed by atoms with Gasteiger partial charge in [-0.2, -0.15) is 0 Å². The van der Waals surface area contributed by atoms with Crippen LogP contribution >= 0.6 is 0 Å². The molecular formula is C17H24N2O4. The number of ether oxygens (including phenoxy) is 2. The maximum Gasteiger partial charge on any atom is 0.254 e. The summed E-state index contributed by atoms with van der Waals surface area (Å²) < 4.78 is 10.4. The summed E-state index contributed by atoms with van der Waals surface area (Å²) in [7, 11) is 3.10. The second kappa shape index (κ2) is 7.35. The molecule has 0 aliphatic carbocycles. The van der Waals surface area contributed by atoms with E-state index in [1.54, 1.807) is 37.3 Å². The quantitative estimate of drug-likeness (QED) is 0.846. The number of methoxy groups -OCH3 is 2. The molecule has 0 radical (unpaired) electrons. The van der Waals surface area contributed by atoms with Gasteiger partial charge < -0.3 is 19.3 Å². The average molecular weight is 320 g/mol. The standard InChI is InChI=1S/C17H24N2O4/c1-12(2)16(20)18-7-9-19(10-8-18)17(21)13-5-6-14(22-3)15(11-13)23-4/h5-6,11-12H,7-10H2,1-4H3. The molecular weight excluding hydrogens is 296 g/mol. The van der Waals surface area contributed by atoms with Crippen LogP contribution in [0.25, 0.3) is 0 Å². The van der Waals surface area contributed by atoms with Crippen molar-refractivity contribution in [2.75, 3.05) is 40.4 Å². The molecule has 1 saturated heterocycles. The molecule has 0 unspecified atom stereocenters. The summed E-state index contributed by atoms with van der Waals surface area (Å²) in [5, 5.41) is 0. The summed E-state index contributed by atoms with van der Waals surface area (Å²) in [6.45, 7) is 6.04. The summed E-state index contributed by atoms with van der Waals surface area (Å²) in [6.07, 6.45) is 0. The van der Waals surface area contributed by atoms with Crippen molar-refractivity contribution in [1.82, 2.24) is 9.80 Å². The second-order valence-corrected chi connectivity index (χ2v) is 5.84. The molecule has 0 spiro atoms. The Morgan fingerprint density at radius 2 is 1.52 bits per heavy atom. The van der Waals surface area contributed by atoms with E-state index in [9.17, 15) is 9.59 Å². The minimum atomic E-state index is -0.0531. The lowest BCUT2D eigenvalue weighted by molar-refractivity contribution is -0.135. The molecule has 6 nitrogen and oxygen atoms in total. The largest absolute Gasteiger partial charge is 0.493 e. The van der Waals surface area contributed by atoms with Gasteiger partial charge in [0.05, 0.1) is 14.2 Å². The first kappa shape index (κ1) is 17.1. The zero-order valence-electron chi connectivity index (χ0n) is 14.2. The van der Waals surface area contributed by atoms with Crippen LogP contribution in [-0.4, -0.2) is 62.0 Å². The maximum atomic E-state index is 12.6. The van der Waals surface area contributed by atoms with Crippen LogP contribution in [-0.2, 0) is 4.79 Å². The molecule has 1 aliphatic rings. The fourth-order valence-electron chi connectivity index (χ4n) is 2.65. The fourth-order valence-corrected chi connectivity index (χ4v) is 2.65. The van der Waals surface area contributed by atoms with E-state index < -0.39 is 0 Å². The number of rotatable bonds is 4. The van der Waals surface area contributed by atoms with Gasteiger partial charge in [-0.05, 0) is 18.2 Å². The molecule has 0 N–H and O–H groups in total. The first-order valence-electron chi connectivity index (χ1n) is 7.78. The lowest BCUT2D eigenvalue weighted by Gasteiger charge is -2.35. The predicted molar refractivity (Wildman–Crippen MR) is 86.9 cm³/mol. The van der Waals surface area contributed by atoms with Crippen LogP contribution in [0.15, 0.2) is 18.2 Å². The van der Waals surface area contributed by atoms with E-state index in [0.717, 1.165) is 0 Å². The normalized spacial score (nSPS) is 14.8. The third-order valence-electron chi connectivity index (χ3n) is 4.00. The van der Waals surface area contributed by atoms with Crippen molar-refractivity contribution in [3.63, 3.8) is 0 Å². The Morgan fingerprint density at radius 1 is 0.957 bits per heavy atom. The van der Waals surface area contributed by atoms with Gasteiger partial charge in [0.2, 0.25) is 5.91 Å². The minimum Gasteiger partial charge on any atom is -0.493 e. The summed E-state index contributed by atoms with van der Waals surface area (Å²) in [4.78, 5) is 28.2. The molecule has 6 heteroatoms. The van der Waals surface area contributed by atoms with Crippen LogP contribution in [0.2, 0.25) is 0 Å². The van der Waals surface area contributed by atoms with E-state index in [0.29, 0.717) is 43.2 Å². The van der Waals surface area contributed by atoms with Crippen molar-refractivity contribution in [2.24, 2.45) is 5.92 Å². The summed E-state index contributed by atoms with van der Waals surface area (Å²) in [6, 6.07) is 5.15. The van der Waals surface area contributed by atoms with Crippen LogP contribution < -0.4 is 9.47 Å². The number of carbonyl (C=O) groups is 2. The van der Waals surface area contributed by atoms with Crippen LogP contribution in [0.3, 0.4) is 0 Å². The minimum absolute atomic E-state index is 0.0110. The average Bonchev–Trinajstić information content (AvgIpc) is 2.59. The van der Waals surface area contributed by atoms with E-state index in [2.05, 4.69) is 0 Å². The Bertz CT molecular complexity index is 578. The summed E-state index contributed by atoms with van der Waals surface area (Å²) in [5.74, 6) is 1.21. The van der Waals surface area contributed by atoms with Gasteiger partial charge in [0.1, 0.15) is 0 Å². The highest BCUT2D eigenvalue weighted by Gasteiger charge is 2.26. The number of amides is 2. The van der Waals surface area contributed by atoms with Gasteiger partial charge in [-0.3, -0.25) is 9.59 Å². The van der Waals surface area contributed by atoms with Crippen LogP contribution in [0.4, 0.5) is 0 Å². The van der Waals surface area contributed by atoms with E-state index in [-0.39, 0.29) is 17.7 Å². The fraction of sp³-hybridized carbons (Fsp3) is 0.529. The first-order valence-corrected chi connectivity index (χ1v) is 7.78. The molecule has 0 bridgehead atoms. The monoisotopic (exact) mass is 320 g/mol. The summed E-state index contributed by atoms with van der Waals surface area (Å²) >= 11 is 0. The van der Waals surface area contributed by atoms with Gasteiger partial charge >= 0.3 is 0 Å². The Kier molecular flexibility index (Phi) is 5.47. The van der Waals surface area contributed by atoms with Crippen molar-refractivity contribution in [2.45, 2.75) is 13.8 Å². The molecule has 0 atom stereocenters. The molecule has 126 valence electrons. The van der Waals surface area contributed by atoms with Crippen LogP contribution in [0, 0.1) is 5.92 Å². The van der Waals surface area contributed by atoms with Crippen LogP contribution in [0.5, 0.6) is 11.5 Å². The number of benzene rings is 1. The smallest absolute Gasteiger partial charge is 0.254 e. The highest BCUT2D eigenvalue weighted by atomic mass is 16.5. The summed E-state index contributed by atoms with van der Waals surface area (Å²) in [5.41, 5.74) is 0.561. The molecule has 1 fully saturated rings. The lowest BCUT2D eigenvalue weighted by atomic mass is 10.1. The molecule has 2 amide bonds. The predicted octanol–water partition coefficient (Wildman–Crippen LogP) is 1.64. The third-order valence-corrected chi connectivity index (χ3v) is 4.00. The van der Waals surface area contributed by atoms with E-state index in [4.69, 9.17) is 9.47 Å². The molecule has 0 aromatic heterocycles. The van der Waals surface area contributed by atoms with Gasteiger partial charge in [0.15, 0.2) is 11.5 Å². The molecule has 2 rings (SSSR count). The van der Waals surface area contributed by atoms with Crippen molar-refractivity contribution in [1.29, 1.82) is 0 Å². The van der Waals surface area contributed by atoms with Crippen molar-refractivity contribution in [3.05, 3.63) is 23.8 Å². The zero-order valence-corrected chi connectivity index (χ0v) is 14.2. The van der Waals surface area contributed by atoms with Crippen molar-refractivity contribution >= 4 is 11.8 Å². The molecule has 1 aliphatic heterocycles. The van der Waals surface area contributed by atoms with Crippen molar-refractivity contribution < 1.29 is 19.1 Å². The zero-order chi connectivity index (χ0) is 17.0. The van der Waals surface area contributed by atoms with E-state index in [1.165, 1.54) is 0 Å². The maximum absolute atomic E-state index is 12.6. The number of hydrogen-bond acceptors (Lipinski definition) is 4. The highest BCUT2D eigenvalue weighted by molar-refractivity contribution is 5.95. The van der Waals surface area contributed by atoms with Gasteiger partial charge in [-0.25, -0.2) is 0 Å². The molecule has 0 saturated carbocycles. The Labute approximate surface area is 137 Å². The highest BCUT2D eigenvalue weighted by Crippen LogP contribution is 2.28. The van der Waals surface area contributed by atoms with E-state index >= 15 is 0 Å². The SMILES string of the molecule is COc1ccc(C(=O)N2CCN(C(=O)C(C)C)CC2)cc1OC. The van der Waals surface area contributed by atoms with Crippen molar-refractivity contribution in [3.8, 4) is 11.5 Å².